The molecule has 0 bridgehead atoms. The van der Waals surface area contributed by atoms with E-state index in [1.54, 1.807) is 30.3 Å². The highest BCUT2D eigenvalue weighted by Gasteiger charge is 2.24. The number of rotatable bonds is 9. The molecule has 0 unspecified atom stereocenters. The van der Waals surface area contributed by atoms with Gasteiger partial charge in [0.05, 0.1) is 34.6 Å². The molecule has 0 atom stereocenters. The van der Waals surface area contributed by atoms with Crippen LogP contribution in [-0.4, -0.2) is 39.0 Å². The number of halogens is 1. The standard InChI is InChI=1S/C26H22ClN5O5S2/c1-2-37-17-9-7-16(8-10-17)31-25(34)23-18-4-3-5-21(18)39-24(23)29-26(31)38-14-22(33)30-28-13-15-6-11-19(27)20(12-15)32(35)36/h6-13H,2-5,14H2,1H3,(H,30,33). The van der Waals surface area contributed by atoms with E-state index >= 15 is 0 Å². The molecule has 1 N–H and O–H groups in total. The quantitative estimate of drug-likeness (QED) is 0.0949. The number of benzene rings is 2. The molecule has 2 aromatic heterocycles. The highest BCUT2D eigenvalue weighted by molar-refractivity contribution is 7.99. The van der Waals surface area contributed by atoms with Gasteiger partial charge in [-0.15, -0.1) is 11.3 Å². The fourth-order valence-corrected chi connectivity index (χ4v) is 6.59. The lowest BCUT2D eigenvalue weighted by atomic mass is 10.2. The Morgan fingerprint density at radius 1 is 1.31 bits per heavy atom. The van der Waals surface area contributed by atoms with Crippen LogP contribution < -0.4 is 15.7 Å². The van der Waals surface area contributed by atoms with Crippen molar-refractivity contribution < 1.29 is 14.5 Å². The van der Waals surface area contributed by atoms with Crippen molar-refractivity contribution in [3.05, 3.63) is 84.0 Å². The molecule has 2 heterocycles. The van der Waals surface area contributed by atoms with Gasteiger partial charge in [0.2, 0.25) is 0 Å². The van der Waals surface area contributed by atoms with Crippen LogP contribution in [0.25, 0.3) is 15.9 Å². The summed E-state index contributed by atoms with van der Waals surface area (Å²) in [6, 6.07) is 11.4. The van der Waals surface area contributed by atoms with Gasteiger partial charge in [-0.25, -0.2) is 10.4 Å². The minimum atomic E-state index is -0.592. The number of aromatic nitrogens is 2. The first-order valence-electron chi connectivity index (χ1n) is 12.0. The second-order valence-electron chi connectivity index (χ2n) is 8.55. The van der Waals surface area contributed by atoms with Crippen LogP contribution in [0.3, 0.4) is 0 Å². The number of nitro benzene ring substituents is 1. The van der Waals surface area contributed by atoms with Crippen LogP contribution in [0.5, 0.6) is 5.75 Å². The van der Waals surface area contributed by atoms with Crippen molar-refractivity contribution in [3.8, 4) is 11.4 Å². The number of amides is 1. The molecular formula is C26H22ClN5O5S2. The number of thioether (sulfide) groups is 1. The van der Waals surface area contributed by atoms with Gasteiger partial charge in [0.25, 0.3) is 17.2 Å². The van der Waals surface area contributed by atoms with Crippen molar-refractivity contribution in [1.82, 2.24) is 15.0 Å². The Bertz CT molecular complexity index is 1670. The van der Waals surface area contributed by atoms with Crippen LogP contribution in [0.4, 0.5) is 5.69 Å². The minimum absolute atomic E-state index is 0.0107. The summed E-state index contributed by atoms with van der Waals surface area (Å²) in [6.07, 6.45) is 4.12. The van der Waals surface area contributed by atoms with Crippen molar-refractivity contribution in [2.45, 2.75) is 31.3 Å². The molecular weight excluding hydrogens is 562 g/mol. The number of aryl methyl sites for hydroxylation is 2. The Morgan fingerprint density at radius 2 is 2.10 bits per heavy atom. The SMILES string of the molecule is CCOc1ccc(-n2c(SCC(=O)NN=Cc3ccc(Cl)c([N+](=O)[O-])c3)nc3sc4c(c3c2=O)CCC4)cc1. The molecule has 200 valence electrons. The summed E-state index contributed by atoms with van der Waals surface area (Å²) in [5.41, 5.74) is 4.11. The summed E-state index contributed by atoms with van der Waals surface area (Å²) in [7, 11) is 0. The number of fused-ring (bicyclic) bond motifs is 3. The van der Waals surface area contributed by atoms with Gasteiger partial charge in [-0.1, -0.05) is 29.4 Å². The highest BCUT2D eigenvalue weighted by Crippen LogP contribution is 2.36. The van der Waals surface area contributed by atoms with Gasteiger partial charge in [-0.3, -0.25) is 24.3 Å². The van der Waals surface area contributed by atoms with Crippen LogP contribution >= 0.6 is 34.7 Å². The third-order valence-electron chi connectivity index (χ3n) is 6.02. The fourth-order valence-electron chi connectivity index (χ4n) is 4.30. The van der Waals surface area contributed by atoms with Gasteiger partial charge in [0, 0.05) is 16.5 Å². The van der Waals surface area contributed by atoms with Gasteiger partial charge in [0.1, 0.15) is 15.6 Å². The molecule has 5 rings (SSSR count). The third-order valence-corrected chi connectivity index (χ3v) is 8.46. The number of carbonyl (C=O) groups excluding carboxylic acids is 1. The first kappa shape index (κ1) is 26.9. The molecule has 1 aliphatic rings. The van der Waals surface area contributed by atoms with E-state index in [-0.39, 0.29) is 22.0 Å². The average molecular weight is 584 g/mol. The highest BCUT2D eigenvalue weighted by atomic mass is 35.5. The van der Waals surface area contributed by atoms with Gasteiger partial charge < -0.3 is 4.74 Å². The lowest BCUT2D eigenvalue weighted by Gasteiger charge is -2.13. The van der Waals surface area contributed by atoms with E-state index in [0.717, 1.165) is 36.6 Å². The molecule has 0 saturated carbocycles. The molecule has 0 aliphatic heterocycles. The molecule has 10 nitrogen and oxygen atoms in total. The average Bonchev–Trinajstić information content (AvgIpc) is 3.50. The molecule has 0 spiro atoms. The van der Waals surface area contributed by atoms with E-state index < -0.39 is 10.8 Å². The molecule has 2 aromatic carbocycles. The van der Waals surface area contributed by atoms with E-state index in [2.05, 4.69) is 10.5 Å². The Balaban J connectivity index is 1.38. The molecule has 39 heavy (non-hydrogen) atoms. The van der Waals surface area contributed by atoms with Crippen molar-refractivity contribution in [1.29, 1.82) is 0 Å². The van der Waals surface area contributed by atoms with Gasteiger partial charge in [-0.05, 0) is 62.1 Å². The maximum absolute atomic E-state index is 13.8. The maximum Gasteiger partial charge on any atom is 0.288 e. The van der Waals surface area contributed by atoms with Gasteiger partial charge >= 0.3 is 0 Å². The van der Waals surface area contributed by atoms with Crippen molar-refractivity contribution in [2.75, 3.05) is 12.4 Å². The van der Waals surface area contributed by atoms with Crippen molar-refractivity contribution in [2.24, 2.45) is 5.10 Å². The Morgan fingerprint density at radius 3 is 2.85 bits per heavy atom. The maximum atomic E-state index is 13.8. The topological polar surface area (TPSA) is 129 Å². The Kier molecular flexibility index (Phi) is 7.96. The molecule has 1 amide bonds. The Hall–Kier alpha value is -3.74. The first-order chi connectivity index (χ1) is 18.9. The molecule has 1 aliphatic carbocycles. The number of thiophene rings is 1. The number of nitro groups is 1. The smallest absolute Gasteiger partial charge is 0.288 e. The number of carbonyl (C=O) groups is 1. The number of hydrazone groups is 1. The van der Waals surface area contributed by atoms with Crippen molar-refractivity contribution >= 4 is 62.7 Å². The number of nitrogens with zero attached hydrogens (tertiary/aromatic N) is 4. The van der Waals surface area contributed by atoms with Gasteiger partial charge in [0.15, 0.2) is 5.16 Å². The number of hydrogen-bond donors (Lipinski definition) is 1. The van der Waals surface area contributed by atoms with E-state index in [9.17, 15) is 19.7 Å². The van der Waals surface area contributed by atoms with E-state index in [0.29, 0.717) is 39.0 Å². The van der Waals surface area contributed by atoms with E-state index in [1.807, 2.05) is 6.92 Å². The first-order valence-corrected chi connectivity index (χ1v) is 14.2. The summed E-state index contributed by atoms with van der Waals surface area (Å²) in [6.45, 7) is 2.43. The summed E-state index contributed by atoms with van der Waals surface area (Å²) in [5, 5.41) is 16.0. The second kappa shape index (κ2) is 11.6. The zero-order valence-corrected chi connectivity index (χ0v) is 23.1. The molecule has 0 saturated heterocycles. The second-order valence-corrected chi connectivity index (χ2v) is 11.0. The van der Waals surface area contributed by atoms with Crippen LogP contribution in [0.15, 0.2) is 57.5 Å². The largest absolute Gasteiger partial charge is 0.494 e. The zero-order chi connectivity index (χ0) is 27.5. The number of nitrogens with one attached hydrogen (secondary N) is 1. The lowest BCUT2D eigenvalue weighted by molar-refractivity contribution is -0.384. The Labute approximate surface area is 235 Å². The molecule has 0 radical (unpaired) electrons. The molecule has 4 aromatic rings. The predicted octanol–water partition coefficient (Wildman–Crippen LogP) is 5.14. The fraction of sp³-hybridized carbons (Fsp3) is 0.231. The zero-order valence-electron chi connectivity index (χ0n) is 20.7. The van der Waals surface area contributed by atoms with Crippen LogP contribution in [0.2, 0.25) is 5.02 Å². The summed E-state index contributed by atoms with van der Waals surface area (Å²) in [4.78, 5) is 43.5. The lowest BCUT2D eigenvalue weighted by Crippen LogP contribution is -2.24. The minimum Gasteiger partial charge on any atom is -0.494 e. The van der Waals surface area contributed by atoms with E-state index in [4.69, 9.17) is 21.3 Å². The van der Waals surface area contributed by atoms with E-state index in [1.165, 1.54) is 39.1 Å². The summed E-state index contributed by atoms with van der Waals surface area (Å²) in [5.74, 6) is 0.205. The third kappa shape index (κ3) is 5.68. The molecule has 13 heteroatoms. The number of hydrogen-bond acceptors (Lipinski definition) is 9. The van der Waals surface area contributed by atoms with Crippen LogP contribution in [0.1, 0.15) is 29.3 Å². The van der Waals surface area contributed by atoms with Crippen molar-refractivity contribution in [3.63, 3.8) is 0 Å². The van der Waals surface area contributed by atoms with Gasteiger partial charge in [-0.2, -0.15) is 5.10 Å². The predicted molar refractivity (Wildman–Crippen MR) is 153 cm³/mol. The summed E-state index contributed by atoms with van der Waals surface area (Å²) >= 11 is 8.49. The molecule has 0 fully saturated rings. The van der Waals surface area contributed by atoms with Crippen LogP contribution in [-0.2, 0) is 17.6 Å². The monoisotopic (exact) mass is 583 g/mol. The number of ether oxygens (including phenoxy) is 1. The normalized spacial score (nSPS) is 12.7. The summed E-state index contributed by atoms with van der Waals surface area (Å²) < 4.78 is 7.07. The van der Waals surface area contributed by atoms with Crippen LogP contribution in [0, 0.1) is 10.1 Å².